The lowest BCUT2D eigenvalue weighted by molar-refractivity contribution is 0.576. The van der Waals surface area contributed by atoms with E-state index in [4.69, 9.17) is 5.73 Å². The van der Waals surface area contributed by atoms with Crippen LogP contribution in [-0.2, 0) is 10.0 Å². The summed E-state index contributed by atoms with van der Waals surface area (Å²) < 4.78 is 52.0. The summed E-state index contributed by atoms with van der Waals surface area (Å²) in [5.74, 6) is -1.99. The van der Waals surface area contributed by atoms with Crippen LogP contribution in [0, 0.1) is 11.6 Å². The molecule has 0 heterocycles. The van der Waals surface area contributed by atoms with Crippen LogP contribution in [0.4, 0.5) is 14.5 Å². The van der Waals surface area contributed by atoms with E-state index in [1.54, 1.807) is 0 Å². The molecule has 96 valence electrons. The van der Waals surface area contributed by atoms with Crippen LogP contribution < -0.4 is 10.5 Å². The van der Waals surface area contributed by atoms with Crippen molar-refractivity contribution in [2.45, 2.75) is 12.2 Å². The standard InChI is InChI=1S/C9H11BrF2N2O2S/c1-5(4-13)17(15,16)14-9-7(11)2-6(10)3-8(9)12/h2-3,5,14H,4,13H2,1H3. The average Bonchev–Trinajstić information content (AvgIpc) is 2.22. The van der Waals surface area contributed by atoms with Crippen LogP contribution >= 0.6 is 15.9 Å². The van der Waals surface area contributed by atoms with Crippen molar-refractivity contribution in [1.29, 1.82) is 0 Å². The molecule has 0 aliphatic rings. The van der Waals surface area contributed by atoms with Crippen LogP contribution in [0.1, 0.15) is 6.92 Å². The third-order valence-electron chi connectivity index (χ3n) is 2.11. The molecule has 3 N–H and O–H groups in total. The molecule has 1 aromatic carbocycles. The van der Waals surface area contributed by atoms with Crippen molar-refractivity contribution >= 4 is 31.6 Å². The molecule has 0 aromatic heterocycles. The molecule has 0 amide bonds. The molecule has 1 atom stereocenters. The Balaban J connectivity index is 3.13. The van der Waals surface area contributed by atoms with Crippen molar-refractivity contribution in [3.05, 3.63) is 28.2 Å². The number of rotatable bonds is 4. The Labute approximate surface area is 106 Å². The van der Waals surface area contributed by atoms with Gasteiger partial charge in [-0.25, -0.2) is 17.2 Å². The first-order valence-electron chi connectivity index (χ1n) is 4.64. The van der Waals surface area contributed by atoms with E-state index < -0.39 is 32.6 Å². The first kappa shape index (κ1) is 14.3. The van der Waals surface area contributed by atoms with Gasteiger partial charge in [0.25, 0.3) is 0 Å². The maximum Gasteiger partial charge on any atom is 0.236 e. The highest BCUT2D eigenvalue weighted by Gasteiger charge is 2.22. The van der Waals surface area contributed by atoms with Crippen LogP contribution in [0.15, 0.2) is 16.6 Å². The Morgan fingerprint density at radius 2 is 1.88 bits per heavy atom. The van der Waals surface area contributed by atoms with Crippen molar-refractivity contribution in [2.75, 3.05) is 11.3 Å². The number of nitrogens with one attached hydrogen (secondary N) is 1. The molecular weight excluding hydrogens is 318 g/mol. The highest BCUT2D eigenvalue weighted by atomic mass is 79.9. The monoisotopic (exact) mass is 328 g/mol. The van der Waals surface area contributed by atoms with Crippen LogP contribution in [0.5, 0.6) is 0 Å². The van der Waals surface area contributed by atoms with E-state index in [0.29, 0.717) is 0 Å². The second kappa shape index (κ2) is 5.28. The zero-order valence-electron chi connectivity index (χ0n) is 8.88. The Morgan fingerprint density at radius 1 is 1.41 bits per heavy atom. The summed E-state index contributed by atoms with van der Waals surface area (Å²) in [7, 11) is -3.89. The van der Waals surface area contributed by atoms with Gasteiger partial charge in [0.15, 0.2) is 11.6 Å². The molecule has 0 bridgehead atoms. The molecule has 8 heteroatoms. The lowest BCUT2D eigenvalue weighted by Gasteiger charge is -2.14. The number of nitrogens with two attached hydrogens (primary N) is 1. The Hall–Kier alpha value is -0.730. The summed E-state index contributed by atoms with van der Waals surface area (Å²) in [4.78, 5) is 0. The van der Waals surface area contributed by atoms with E-state index in [0.717, 1.165) is 12.1 Å². The van der Waals surface area contributed by atoms with Crippen molar-refractivity contribution < 1.29 is 17.2 Å². The van der Waals surface area contributed by atoms with Crippen LogP contribution in [0.2, 0.25) is 0 Å². The van der Waals surface area contributed by atoms with E-state index in [2.05, 4.69) is 15.9 Å². The lowest BCUT2D eigenvalue weighted by Crippen LogP contribution is -2.32. The van der Waals surface area contributed by atoms with Gasteiger partial charge in [0.05, 0.1) is 5.25 Å². The number of hydrogen-bond acceptors (Lipinski definition) is 3. The minimum Gasteiger partial charge on any atom is -0.329 e. The number of sulfonamides is 1. The molecule has 1 aromatic rings. The topological polar surface area (TPSA) is 72.2 Å². The molecule has 0 radical (unpaired) electrons. The highest BCUT2D eigenvalue weighted by molar-refractivity contribution is 9.10. The minimum absolute atomic E-state index is 0.144. The third kappa shape index (κ3) is 3.36. The van der Waals surface area contributed by atoms with Gasteiger partial charge in [-0.1, -0.05) is 15.9 Å². The van der Waals surface area contributed by atoms with Gasteiger partial charge in [0.2, 0.25) is 10.0 Å². The van der Waals surface area contributed by atoms with E-state index in [1.165, 1.54) is 6.92 Å². The number of hydrogen-bond donors (Lipinski definition) is 2. The zero-order valence-corrected chi connectivity index (χ0v) is 11.3. The summed E-state index contributed by atoms with van der Waals surface area (Å²) in [6, 6.07) is 1.93. The molecular formula is C9H11BrF2N2O2S. The van der Waals surface area contributed by atoms with E-state index in [-0.39, 0.29) is 11.0 Å². The third-order valence-corrected chi connectivity index (χ3v) is 4.31. The first-order valence-corrected chi connectivity index (χ1v) is 6.98. The summed E-state index contributed by atoms with van der Waals surface area (Å²) in [5, 5.41) is -0.940. The van der Waals surface area contributed by atoms with Gasteiger partial charge >= 0.3 is 0 Å². The second-order valence-corrected chi connectivity index (χ2v) is 6.45. The van der Waals surface area contributed by atoms with Gasteiger partial charge in [-0.2, -0.15) is 0 Å². The second-order valence-electron chi connectivity index (χ2n) is 3.44. The molecule has 1 rings (SSSR count). The van der Waals surface area contributed by atoms with Gasteiger partial charge in [-0.3, -0.25) is 4.72 Å². The molecule has 0 saturated carbocycles. The van der Waals surface area contributed by atoms with Crippen molar-refractivity contribution in [1.82, 2.24) is 0 Å². The zero-order chi connectivity index (χ0) is 13.2. The molecule has 0 spiro atoms. The van der Waals surface area contributed by atoms with Crippen molar-refractivity contribution in [2.24, 2.45) is 5.73 Å². The normalized spacial score (nSPS) is 13.5. The summed E-state index contributed by atoms with van der Waals surface area (Å²) in [6.45, 7) is 1.20. The van der Waals surface area contributed by atoms with Gasteiger partial charge in [0.1, 0.15) is 5.69 Å². The SMILES string of the molecule is CC(CN)S(=O)(=O)Nc1c(F)cc(Br)cc1F. The molecule has 0 saturated heterocycles. The van der Waals surface area contributed by atoms with Gasteiger partial charge in [0, 0.05) is 11.0 Å². The summed E-state index contributed by atoms with van der Waals surface area (Å²) >= 11 is 2.89. The van der Waals surface area contributed by atoms with Crippen LogP contribution in [0.25, 0.3) is 0 Å². The van der Waals surface area contributed by atoms with E-state index >= 15 is 0 Å². The Bertz CT molecular complexity index is 499. The molecule has 17 heavy (non-hydrogen) atoms. The number of benzene rings is 1. The Morgan fingerprint density at radius 3 is 2.29 bits per heavy atom. The summed E-state index contributed by atoms with van der Waals surface area (Å²) in [6.07, 6.45) is 0. The van der Waals surface area contributed by atoms with E-state index in [9.17, 15) is 17.2 Å². The fourth-order valence-electron chi connectivity index (χ4n) is 1.01. The predicted molar refractivity (Wildman–Crippen MR) is 65.1 cm³/mol. The van der Waals surface area contributed by atoms with Crippen molar-refractivity contribution in [3.63, 3.8) is 0 Å². The minimum atomic E-state index is -3.89. The molecule has 4 nitrogen and oxygen atoms in total. The van der Waals surface area contributed by atoms with Crippen LogP contribution in [0.3, 0.4) is 0 Å². The summed E-state index contributed by atoms with van der Waals surface area (Å²) in [5.41, 5.74) is 4.50. The fourth-order valence-corrected chi connectivity index (χ4v) is 2.35. The molecule has 0 aliphatic heterocycles. The van der Waals surface area contributed by atoms with Crippen LogP contribution in [-0.4, -0.2) is 20.2 Å². The fraction of sp³-hybridized carbons (Fsp3) is 0.333. The predicted octanol–water partition coefficient (Wildman–Crippen LogP) is 1.82. The molecule has 1 unspecified atom stereocenters. The molecule has 0 fully saturated rings. The van der Waals surface area contributed by atoms with E-state index in [1.807, 2.05) is 4.72 Å². The van der Waals surface area contributed by atoms with Gasteiger partial charge < -0.3 is 5.73 Å². The largest absolute Gasteiger partial charge is 0.329 e. The first-order chi connectivity index (χ1) is 7.77. The van der Waals surface area contributed by atoms with Gasteiger partial charge in [-0.05, 0) is 19.1 Å². The quantitative estimate of drug-likeness (QED) is 0.885. The smallest absolute Gasteiger partial charge is 0.236 e. The lowest BCUT2D eigenvalue weighted by atomic mass is 10.3. The highest BCUT2D eigenvalue weighted by Crippen LogP contribution is 2.25. The Kier molecular flexibility index (Phi) is 4.45. The average molecular weight is 329 g/mol. The van der Waals surface area contributed by atoms with Gasteiger partial charge in [-0.15, -0.1) is 0 Å². The maximum atomic E-state index is 13.4. The number of anilines is 1. The maximum absolute atomic E-state index is 13.4. The van der Waals surface area contributed by atoms with Crippen molar-refractivity contribution in [3.8, 4) is 0 Å². The molecule has 0 aliphatic carbocycles. The number of halogens is 3.